The molecule has 0 aromatic rings. The first-order valence-corrected chi connectivity index (χ1v) is 5.88. The second-order valence-corrected chi connectivity index (χ2v) is 4.14. The summed E-state index contributed by atoms with van der Waals surface area (Å²) in [4.78, 5) is 36.7. The van der Waals surface area contributed by atoms with Gasteiger partial charge in [0.1, 0.15) is 6.42 Å². The van der Waals surface area contributed by atoms with Gasteiger partial charge in [0.25, 0.3) is 0 Å². The zero-order valence-electron chi connectivity index (χ0n) is 9.08. The molecule has 18 heavy (non-hydrogen) atoms. The van der Waals surface area contributed by atoms with Crippen molar-refractivity contribution in [1.29, 1.82) is 0 Å². The minimum atomic E-state index is -2.52. The van der Waals surface area contributed by atoms with Gasteiger partial charge in [-0.05, 0) is 0 Å². The minimum absolute atomic E-state index is 0.0473. The fourth-order valence-electron chi connectivity index (χ4n) is 1.30. The van der Waals surface area contributed by atoms with Crippen LogP contribution in [0.2, 0.25) is 0 Å². The summed E-state index contributed by atoms with van der Waals surface area (Å²) in [6.45, 7) is 0. The zero-order valence-corrected chi connectivity index (χ0v) is 9.90. The molecular formula is C10H9NO6S. The fraction of sp³-hybridized carbons (Fsp3) is 0.200. The van der Waals surface area contributed by atoms with Crippen LogP contribution in [0.1, 0.15) is 12.8 Å². The molecule has 0 fully saturated rings. The second kappa shape index (κ2) is 6.50. The van der Waals surface area contributed by atoms with E-state index < -0.39 is 28.5 Å². The molecule has 0 saturated heterocycles. The maximum atomic E-state index is 11.7. The summed E-state index contributed by atoms with van der Waals surface area (Å²) in [5.74, 6) is -1.66. The minimum Gasteiger partial charge on any atom is -0.341 e. The van der Waals surface area contributed by atoms with Gasteiger partial charge in [0.05, 0.1) is 4.86 Å². The highest BCUT2D eigenvalue weighted by Gasteiger charge is 2.21. The normalized spacial score (nSPS) is 13.6. The van der Waals surface area contributed by atoms with Crippen LogP contribution in [0.5, 0.6) is 0 Å². The number of Topliss-reactive ketones (excluding diaryl/α,β-unsaturated/α-hetero) is 1. The monoisotopic (exact) mass is 271 g/mol. The molecule has 1 aliphatic carbocycles. The van der Waals surface area contributed by atoms with E-state index >= 15 is 0 Å². The van der Waals surface area contributed by atoms with Gasteiger partial charge in [-0.1, -0.05) is 18.2 Å². The van der Waals surface area contributed by atoms with Crippen LogP contribution in [-0.4, -0.2) is 31.4 Å². The maximum absolute atomic E-state index is 11.7. The van der Waals surface area contributed by atoms with Gasteiger partial charge in [0.15, 0.2) is 5.78 Å². The molecule has 0 unspecified atom stereocenters. The molecule has 0 atom stereocenters. The van der Waals surface area contributed by atoms with Crippen LogP contribution in [0.25, 0.3) is 0 Å². The molecule has 1 amide bonds. The highest BCUT2D eigenvalue weighted by molar-refractivity contribution is 7.73. The molecule has 8 heteroatoms. The summed E-state index contributed by atoms with van der Waals surface area (Å²) in [5, 5.41) is 0. The summed E-state index contributed by atoms with van der Waals surface area (Å²) >= 11 is 0. The number of carbonyl (C=O) groups is 3. The molecule has 0 heterocycles. The van der Waals surface area contributed by atoms with Gasteiger partial charge in [-0.15, -0.1) is 0 Å². The first-order chi connectivity index (χ1) is 8.56. The Morgan fingerprint density at radius 3 is 2.78 bits per heavy atom. The van der Waals surface area contributed by atoms with Crippen LogP contribution >= 0.6 is 0 Å². The van der Waals surface area contributed by atoms with Crippen molar-refractivity contribution in [1.82, 2.24) is 5.48 Å². The quantitative estimate of drug-likeness (QED) is 0.300. The number of nitrogens with one attached hydrogen (secondary N) is 1. The van der Waals surface area contributed by atoms with E-state index in [-0.39, 0.29) is 23.3 Å². The Balaban J connectivity index is 2.80. The molecule has 1 N–H and O–H groups in total. The van der Waals surface area contributed by atoms with Crippen LogP contribution in [0.3, 0.4) is 0 Å². The molecule has 0 aromatic heterocycles. The molecule has 96 valence electrons. The summed E-state index contributed by atoms with van der Waals surface area (Å²) < 4.78 is 21.8. The third-order valence-electron chi connectivity index (χ3n) is 2.03. The Morgan fingerprint density at radius 2 is 2.17 bits per heavy atom. The molecular weight excluding hydrogens is 262 g/mol. The molecule has 1 rings (SSSR count). The van der Waals surface area contributed by atoms with Gasteiger partial charge in [-0.2, -0.15) is 13.9 Å². The van der Waals surface area contributed by atoms with E-state index in [1.54, 1.807) is 11.6 Å². The molecule has 0 aromatic carbocycles. The SMILES string of the molecule is O=CNOC(=O)CC(=O)C1=CC=CCC1=S(=O)=O. The summed E-state index contributed by atoms with van der Waals surface area (Å²) in [5.41, 5.74) is 1.60. The highest BCUT2D eigenvalue weighted by Crippen LogP contribution is 2.12. The first-order valence-electron chi connectivity index (χ1n) is 4.80. The smallest absolute Gasteiger partial charge is 0.339 e. The number of rotatable bonds is 5. The number of amides is 1. The van der Waals surface area contributed by atoms with Crippen molar-refractivity contribution in [2.45, 2.75) is 12.8 Å². The third-order valence-corrected chi connectivity index (χ3v) is 2.82. The third kappa shape index (κ3) is 3.67. The van der Waals surface area contributed by atoms with Gasteiger partial charge in [0, 0.05) is 12.0 Å². The predicted molar refractivity (Wildman–Crippen MR) is 60.7 cm³/mol. The fourth-order valence-corrected chi connectivity index (χ4v) is 1.89. The van der Waals surface area contributed by atoms with E-state index in [1.165, 1.54) is 12.2 Å². The Hall–Kier alpha value is -2.22. The van der Waals surface area contributed by atoms with Gasteiger partial charge < -0.3 is 4.84 Å². The van der Waals surface area contributed by atoms with Gasteiger partial charge in [-0.3, -0.25) is 9.59 Å². The Bertz CT molecular complexity index is 561. The summed E-state index contributed by atoms with van der Waals surface area (Å²) in [6.07, 6.45) is 4.01. The van der Waals surface area contributed by atoms with Gasteiger partial charge in [0.2, 0.25) is 16.7 Å². The molecule has 1 aliphatic rings. The lowest BCUT2D eigenvalue weighted by molar-refractivity contribution is -0.155. The number of hydroxylamine groups is 1. The zero-order chi connectivity index (χ0) is 13.5. The lowest BCUT2D eigenvalue weighted by Gasteiger charge is -2.07. The molecule has 0 aliphatic heterocycles. The maximum Gasteiger partial charge on any atom is 0.339 e. The largest absolute Gasteiger partial charge is 0.341 e. The molecule has 0 spiro atoms. The van der Waals surface area contributed by atoms with Crippen LogP contribution in [-0.2, 0) is 29.5 Å². The van der Waals surface area contributed by atoms with E-state index in [9.17, 15) is 22.8 Å². The molecule has 7 nitrogen and oxygen atoms in total. The molecule has 0 saturated carbocycles. The van der Waals surface area contributed by atoms with Crippen molar-refractivity contribution in [3.05, 3.63) is 23.8 Å². The lowest BCUT2D eigenvalue weighted by Crippen LogP contribution is -2.23. The predicted octanol–water partition coefficient (Wildman–Crippen LogP) is -0.912. The first kappa shape index (κ1) is 13.8. The average molecular weight is 271 g/mol. The Kier molecular flexibility index (Phi) is 5.00. The van der Waals surface area contributed by atoms with Crippen molar-refractivity contribution < 1.29 is 27.6 Å². The number of ketones is 1. The van der Waals surface area contributed by atoms with Crippen LogP contribution in [0, 0.1) is 0 Å². The number of hydrogen-bond donors (Lipinski definition) is 1. The molecule has 0 radical (unpaired) electrons. The van der Waals surface area contributed by atoms with E-state index in [4.69, 9.17) is 0 Å². The van der Waals surface area contributed by atoms with Gasteiger partial charge in [-0.25, -0.2) is 4.79 Å². The summed E-state index contributed by atoms with van der Waals surface area (Å²) in [6, 6.07) is 0. The number of allylic oxidation sites excluding steroid dienone is 4. The van der Waals surface area contributed by atoms with Crippen molar-refractivity contribution in [3.63, 3.8) is 0 Å². The highest BCUT2D eigenvalue weighted by atomic mass is 32.2. The van der Waals surface area contributed by atoms with Crippen molar-refractivity contribution in [2.24, 2.45) is 0 Å². The van der Waals surface area contributed by atoms with Crippen LogP contribution in [0.15, 0.2) is 23.8 Å². The van der Waals surface area contributed by atoms with Crippen LogP contribution in [0.4, 0.5) is 0 Å². The average Bonchev–Trinajstić information content (AvgIpc) is 2.36. The van der Waals surface area contributed by atoms with Crippen molar-refractivity contribution >= 4 is 33.3 Å². The molecule has 0 bridgehead atoms. The number of carbonyl (C=O) groups excluding carboxylic acids is 3. The van der Waals surface area contributed by atoms with Crippen LogP contribution < -0.4 is 5.48 Å². The summed E-state index contributed by atoms with van der Waals surface area (Å²) in [7, 11) is -2.52. The number of hydrogen-bond acceptors (Lipinski definition) is 6. The lowest BCUT2D eigenvalue weighted by atomic mass is 9.99. The standard InChI is InChI=1S/C10H9NO6S/c12-6-11-17-10(14)5-8(13)7-3-1-2-4-9(7)18(15)16/h1-3,6H,4-5H2,(H,11,12). The van der Waals surface area contributed by atoms with Crippen molar-refractivity contribution in [3.8, 4) is 0 Å². The van der Waals surface area contributed by atoms with Crippen molar-refractivity contribution in [2.75, 3.05) is 0 Å². The van der Waals surface area contributed by atoms with E-state index in [0.29, 0.717) is 0 Å². The Labute approximate surface area is 104 Å². The van der Waals surface area contributed by atoms with E-state index in [0.717, 1.165) is 0 Å². The topological polar surface area (TPSA) is 107 Å². The second-order valence-electron chi connectivity index (χ2n) is 3.18. The van der Waals surface area contributed by atoms with E-state index in [1.807, 2.05) is 0 Å². The van der Waals surface area contributed by atoms with Gasteiger partial charge >= 0.3 is 5.97 Å². The Morgan fingerprint density at radius 1 is 1.44 bits per heavy atom. The van der Waals surface area contributed by atoms with E-state index in [2.05, 4.69) is 4.84 Å².